The number of esters is 1. The average molecular weight is 253 g/mol. The molecule has 0 aliphatic heterocycles. The molecule has 0 aliphatic carbocycles. The fraction of sp³-hybridized carbons (Fsp3) is 0.273. The highest BCUT2D eigenvalue weighted by Gasteiger charge is 2.16. The quantitative estimate of drug-likeness (QED) is 0.852. The summed E-state index contributed by atoms with van der Waals surface area (Å²) in [6.45, 7) is 2.06. The van der Waals surface area contributed by atoms with Gasteiger partial charge in [-0.3, -0.25) is 4.79 Å². The Hall–Kier alpha value is -1.82. The summed E-state index contributed by atoms with van der Waals surface area (Å²) in [5, 5.41) is 11.6. The zero-order valence-corrected chi connectivity index (χ0v) is 9.99. The van der Waals surface area contributed by atoms with Crippen LogP contribution in [0.2, 0.25) is 0 Å². The highest BCUT2D eigenvalue weighted by atomic mass is 32.1. The maximum atomic E-state index is 11.4. The first-order chi connectivity index (χ1) is 8.13. The number of hydrogen-bond acceptors (Lipinski definition) is 4. The molecule has 90 valence electrons. The standard InChI is InChI=1S/C11H11NO4S/c1-2-16-9(13)5-7-6-12(11(14)15)10-8(7)3-4-17-10/h3-4,6H,2,5H2,1H3,(H,14,15). The Kier molecular flexibility index (Phi) is 3.14. The fourth-order valence-corrected chi connectivity index (χ4v) is 2.57. The van der Waals surface area contributed by atoms with Gasteiger partial charge in [0.25, 0.3) is 0 Å². The van der Waals surface area contributed by atoms with Crippen LogP contribution in [0.25, 0.3) is 10.2 Å². The molecule has 2 aromatic rings. The molecule has 0 bridgehead atoms. The van der Waals surface area contributed by atoms with Gasteiger partial charge >= 0.3 is 12.1 Å². The number of thiophene rings is 1. The first kappa shape index (κ1) is 11.7. The third-order valence-electron chi connectivity index (χ3n) is 2.34. The zero-order valence-electron chi connectivity index (χ0n) is 9.17. The Morgan fingerprint density at radius 3 is 2.94 bits per heavy atom. The number of carbonyl (C=O) groups is 2. The number of rotatable bonds is 3. The second-order valence-corrected chi connectivity index (χ2v) is 4.32. The number of aromatic nitrogens is 1. The molecule has 2 heterocycles. The SMILES string of the molecule is CCOC(=O)Cc1cn(C(=O)O)c2sccc12. The van der Waals surface area contributed by atoms with E-state index in [9.17, 15) is 9.59 Å². The Bertz CT molecular complexity index is 569. The van der Waals surface area contributed by atoms with Crippen LogP contribution in [0, 0.1) is 0 Å². The minimum Gasteiger partial charge on any atom is -0.466 e. The van der Waals surface area contributed by atoms with E-state index in [1.54, 1.807) is 12.3 Å². The molecule has 0 saturated carbocycles. The van der Waals surface area contributed by atoms with E-state index in [4.69, 9.17) is 9.84 Å². The van der Waals surface area contributed by atoms with E-state index in [1.807, 2.05) is 6.07 Å². The minimum absolute atomic E-state index is 0.0986. The summed E-state index contributed by atoms with van der Waals surface area (Å²) in [6, 6.07) is 1.81. The lowest BCUT2D eigenvalue weighted by Crippen LogP contribution is -2.08. The number of nitrogens with zero attached hydrogens (tertiary/aromatic N) is 1. The molecule has 0 unspecified atom stereocenters. The molecule has 2 rings (SSSR count). The molecule has 5 nitrogen and oxygen atoms in total. The average Bonchev–Trinajstić information content (AvgIpc) is 2.81. The summed E-state index contributed by atoms with van der Waals surface area (Å²) < 4.78 is 5.98. The summed E-state index contributed by atoms with van der Waals surface area (Å²) in [5.41, 5.74) is 0.683. The van der Waals surface area contributed by atoms with Crippen molar-refractivity contribution in [2.75, 3.05) is 6.61 Å². The Morgan fingerprint density at radius 1 is 1.53 bits per heavy atom. The molecule has 0 fully saturated rings. The number of hydrogen-bond donors (Lipinski definition) is 1. The van der Waals surface area contributed by atoms with Gasteiger partial charge in [-0.15, -0.1) is 11.3 Å². The lowest BCUT2D eigenvalue weighted by Gasteiger charge is -1.99. The molecule has 6 heteroatoms. The first-order valence-corrected chi connectivity index (χ1v) is 5.97. The summed E-state index contributed by atoms with van der Waals surface area (Å²) in [5.74, 6) is -0.344. The van der Waals surface area contributed by atoms with Crippen LogP contribution in [0.5, 0.6) is 0 Å². The molecular weight excluding hydrogens is 242 g/mol. The smallest absolute Gasteiger partial charge is 0.416 e. The maximum Gasteiger partial charge on any atom is 0.416 e. The maximum absolute atomic E-state index is 11.4. The third kappa shape index (κ3) is 2.16. The van der Waals surface area contributed by atoms with Gasteiger partial charge in [-0.1, -0.05) is 0 Å². The lowest BCUT2D eigenvalue weighted by molar-refractivity contribution is -0.142. The van der Waals surface area contributed by atoms with Gasteiger partial charge < -0.3 is 9.84 Å². The van der Waals surface area contributed by atoms with Crippen LogP contribution in [-0.4, -0.2) is 28.3 Å². The van der Waals surface area contributed by atoms with Crippen LogP contribution >= 0.6 is 11.3 Å². The third-order valence-corrected chi connectivity index (χ3v) is 3.25. The van der Waals surface area contributed by atoms with Crippen molar-refractivity contribution in [3.63, 3.8) is 0 Å². The second kappa shape index (κ2) is 4.58. The van der Waals surface area contributed by atoms with Crippen molar-refractivity contribution in [1.29, 1.82) is 0 Å². The van der Waals surface area contributed by atoms with Crippen molar-refractivity contribution in [3.8, 4) is 0 Å². The molecule has 0 radical (unpaired) electrons. The molecule has 0 spiro atoms. The topological polar surface area (TPSA) is 68.5 Å². The van der Waals surface area contributed by atoms with Gasteiger partial charge in [-0.05, 0) is 23.9 Å². The van der Waals surface area contributed by atoms with Gasteiger partial charge in [0.05, 0.1) is 13.0 Å². The van der Waals surface area contributed by atoms with Crippen LogP contribution in [0.1, 0.15) is 12.5 Å². The van der Waals surface area contributed by atoms with Crippen molar-refractivity contribution in [3.05, 3.63) is 23.2 Å². The molecule has 0 aliphatic rings. The van der Waals surface area contributed by atoms with Gasteiger partial charge in [0.15, 0.2) is 0 Å². The van der Waals surface area contributed by atoms with E-state index in [1.165, 1.54) is 17.5 Å². The minimum atomic E-state index is -1.05. The molecule has 0 amide bonds. The van der Waals surface area contributed by atoms with E-state index >= 15 is 0 Å². The van der Waals surface area contributed by atoms with Crippen LogP contribution in [0.3, 0.4) is 0 Å². The van der Waals surface area contributed by atoms with Crippen LogP contribution in [0.15, 0.2) is 17.6 Å². The summed E-state index contributed by atoms with van der Waals surface area (Å²) in [7, 11) is 0. The van der Waals surface area contributed by atoms with Crippen molar-refractivity contribution < 1.29 is 19.4 Å². The summed E-state index contributed by atoms with van der Waals surface area (Å²) in [4.78, 5) is 23.0. The Morgan fingerprint density at radius 2 is 2.29 bits per heavy atom. The van der Waals surface area contributed by atoms with Crippen LogP contribution in [-0.2, 0) is 16.0 Å². The lowest BCUT2D eigenvalue weighted by atomic mass is 10.2. The molecule has 0 atom stereocenters. The van der Waals surface area contributed by atoms with Crippen LogP contribution in [0.4, 0.5) is 4.79 Å². The number of carboxylic acid groups (broad SMARTS) is 1. The first-order valence-electron chi connectivity index (χ1n) is 5.09. The van der Waals surface area contributed by atoms with E-state index in [0.29, 0.717) is 17.0 Å². The van der Waals surface area contributed by atoms with Crippen molar-refractivity contribution in [2.24, 2.45) is 0 Å². The van der Waals surface area contributed by atoms with E-state index in [2.05, 4.69) is 0 Å². The van der Waals surface area contributed by atoms with Gasteiger partial charge in [0, 0.05) is 11.6 Å². The van der Waals surface area contributed by atoms with E-state index in [-0.39, 0.29) is 12.4 Å². The highest BCUT2D eigenvalue weighted by molar-refractivity contribution is 7.17. The van der Waals surface area contributed by atoms with Crippen molar-refractivity contribution in [1.82, 2.24) is 4.57 Å². The molecule has 0 saturated heterocycles. The molecule has 2 aromatic heterocycles. The van der Waals surface area contributed by atoms with Crippen LogP contribution < -0.4 is 0 Å². The van der Waals surface area contributed by atoms with Gasteiger partial charge in [-0.2, -0.15) is 0 Å². The van der Waals surface area contributed by atoms with Crippen molar-refractivity contribution >= 4 is 33.6 Å². The predicted octanol–water partition coefficient (Wildman–Crippen LogP) is 2.33. The highest BCUT2D eigenvalue weighted by Crippen LogP contribution is 2.27. The van der Waals surface area contributed by atoms with Crippen molar-refractivity contribution in [2.45, 2.75) is 13.3 Å². The van der Waals surface area contributed by atoms with Gasteiger partial charge in [0.2, 0.25) is 0 Å². The largest absolute Gasteiger partial charge is 0.466 e. The molecule has 17 heavy (non-hydrogen) atoms. The predicted molar refractivity (Wildman–Crippen MR) is 63.6 cm³/mol. The zero-order chi connectivity index (χ0) is 12.4. The fourth-order valence-electron chi connectivity index (χ4n) is 1.67. The Balaban J connectivity index is 2.37. The molecule has 1 N–H and O–H groups in total. The monoisotopic (exact) mass is 253 g/mol. The number of fused-ring (bicyclic) bond motifs is 1. The summed E-state index contributed by atoms with van der Waals surface area (Å²) in [6.07, 6.45) is 0.523. The van der Waals surface area contributed by atoms with Gasteiger partial charge in [-0.25, -0.2) is 9.36 Å². The molecule has 0 aromatic carbocycles. The normalized spacial score (nSPS) is 10.6. The second-order valence-electron chi connectivity index (χ2n) is 3.43. The summed E-state index contributed by atoms with van der Waals surface area (Å²) >= 11 is 1.33. The van der Waals surface area contributed by atoms with Gasteiger partial charge in [0.1, 0.15) is 4.83 Å². The number of ether oxygens (including phenoxy) is 1. The number of carbonyl (C=O) groups excluding carboxylic acids is 1. The molecular formula is C11H11NO4S. The van der Waals surface area contributed by atoms with E-state index in [0.717, 1.165) is 9.95 Å². The van der Waals surface area contributed by atoms with E-state index < -0.39 is 6.09 Å². The Labute approximate surface area is 101 Å².